The van der Waals surface area contributed by atoms with Gasteiger partial charge in [-0.3, -0.25) is 14.6 Å². The minimum Gasteiger partial charge on any atom is -0.480 e. The topological polar surface area (TPSA) is 43.8 Å². The predicted molar refractivity (Wildman–Crippen MR) is 108 cm³/mol. The van der Waals surface area contributed by atoms with Crippen LogP contribution in [0.15, 0.2) is 36.4 Å². The van der Waals surface area contributed by atoms with E-state index in [0.29, 0.717) is 6.04 Å². The van der Waals surface area contributed by atoms with Crippen LogP contribution in [0, 0.1) is 6.92 Å². The molecule has 5 heteroatoms. The molecule has 0 radical (unpaired) electrons. The standard InChI is InChI=1S/C21H28N2O2S/c1-16-5-7-17(8-6-16)20-10-9-19(26-20)14-23-12-3-4-18(11-13-23)22(2)15-21(24)25/h5-10,18H,3-4,11-15H2,1-2H3,(H,24,25). The van der Waals surface area contributed by atoms with Crippen molar-refractivity contribution in [1.82, 2.24) is 9.80 Å². The minimum absolute atomic E-state index is 0.134. The van der Waals surface area contributed by atoms with Crippen molar-refractivity contribution in [1.29, 1.82) is 0 Å². The highest BCUT2D eigenvalue weighted by atomic mass is 32.1. The van der Waals surface area contributed by atoms with E-state index in [1.807, 2.05) is 23.3 Å². The van der Waals surface area contributed by atoms with E-state index < -0.39 is 5.97 Å². The summed E-state index contributed by atoms with van der Waals surface area (Å²) in [6.07, 6.45) is 3.25. The molecule has 0 bridgehead atoms. The van der Waals surface area contributed by atoms with E-state index in [4.69, 9.17) is 5.11 Å². The van der Waals surface area contributed by atoms with Gasteiger partial charge in [0.05, 0.1) is 6.54 Å². The lowest BCUT2D eigenvalue weighted by Gasteiger charge is -2.25. The van der Waals surface area contributed by atoms with Crippen LogP contribution in [-0.2, 0) is 11.3 Å². The molecule has 2 aromatic rings. The van der Waals surface area contributed by atoms with Crippen LogP contribution in [0.5, 0.6) is 0 Å². The lowest BCUT2D eigenvalue weighted by Crippen LogP contribution is -2.36. The van der Waals surface area contributed by atoms with Gasteiger partial charge in [0, 0.05) is 28.9 Å². The highest BCUT2D eigenvalue weighted by molar-refractivity contribution is 7.15. The third kappa shape index (κ3) is 5.16. The number of likely N-dealkylation sites (tertiary alicyclic amines) is 1. The summed E-state index contributed by atoms with van der Waals surface area (Å²) in [7, 11) is 1.93. The van der Waals surface area contributed by atoms with Crippen molar-refractivity contribution >= 4 is 17.3 Å². The molecule has 3 rings (SSSR count). The zero-order chi connectivity index (χ0) is 18.5. The molecule has 1 N–H and O–H groups in total. The van der Waals surface area contributed by atoms with Gasteiger partial charge >= 0.3 is 5.97 Å². The smallest absolute Gasteiger partial charge is 0.317 e. The molecule has 1 aliphatic heterocycles. The quantitative estimate of drug-likeness (QED) is 0.829. The summed E-state index contributed by atoms with van der Waals surface area (Å²) in [5, 5.41) is 8.99. The summed E-state index contributed by atoms with van der Waals surface area (Å²) in [6.45, 7) is 5.37. The summed E-state index contributed by atoms with van der Waals surface area (Å²) < 4.78 is 0. The number of rotatable bonds is 6. The first-order valence-electron chi connectivity index (χ1n) is 9.31. The van der Waals surface area contributed by atoms with Crippen molar-refractivity contribution in [2.24, 2.45) is 0 Å². The van der Waals surface area contributed by atoms with Crippen molar-refractivity contribution in [2.75, 3.05) is 26.7 Å². The van der Waals surface area contributed by atoms with Crippen molar-refractivity contribution in [3.05, 3.63) is 46.8 Å². The van der Waals surface area contributed by atoms with Crippen LogP contribution in [0.1, 0.15) is 29.7 Å². The Morgan fingerprint density at radius 2 is 1.96 bits per heavy atom. The van der Waals surface area contributed by atoms with Crippen LogP contribution >= 0.6 is 11.3 Å². The maximum absolute atomic E-state index is 10.9. The summed E-state index contributed by atoms with van der Waals surface area (Å²) in [6, 6.07) is 13.6. The number of aliphatic carboxylic acids is 1. The fraction of sp³-hybridized carbons (Fsp3) is 0.476. The Bertz CT molecular complexity index is 726. The van der Waals surface area contributed by atoms with Gasteiger partial charge in [0.1, 0.15) is 0 Å². The zero-order valence-electron chi connectivity index (χ0n) is 15.6. The van der Waals surface area contributed by atoms with Gasteiger partial charge in [-0.1, -0.05) is 29.8 Å². The number of aryl methyl sites for hydroxylation is 1. The first kappa shape index (κ1) is 19.1. The Morgan fingerprint density at radius 3 is 2.69 bits per heavy atom. The molecule has 4 nitrogen and oxygen atoms in total. The normalized spacial score (nSPS) is 18.8. The Hall–Kier alpha value is -1.69. The van der Waals surface area contributed by atoms with Crippen molar-refractivity contribution in [3.8, 4) is 10.4 Å². The molecule has 140 valence electrons. The summed E-state index contributed by atoms with van der Waals surface area (Å²) in [4.78, 5) is 18.2. The van der Waals surface area contributed by atoms with Gasteiger partial charge in [0.25, 0.3) is 0 Å². The fourth-order valence-electron chi connectivity index (χ4n) is 3.64. The average molecular weight is 373 g/mol. The summed E-state index contributed by atoms with van der Waals surface area (Å²) in [5.41, 5.74) is 2.58. The molecular weight excluding hydrogens is 344 g/mol. The molecule has 2 heterocycles. The number of benzene rings is 1. The van der Waals surface area contributed by atoms with Gasteiger partial charge in [-0.2, -0.15) is 0 Å². The molecule has 1 aliphatic rings. The molecular formula is C21H28N2O2S. The molecule has 1 atom stereocenters. The third-order valence-electron chi connectivity index (χ3n) is 5.18. The molecule has 1 fully saturated rings. The van der Waals surface area contributed by atoms with Crippen LogP contribution in [-0.4, -0.2) is 53.6 Å². The molecule has 0 aliphatic carbocycles. The molecule has 1 unspecified atom stereocenters. The highest BCUT2D eigenvalue weighted by Gasteiger charge is 2.22. The predicted octanol–water partition coefficient (Wildman–Crippen LogP) is 4.09. The Kier molecular flexibility index (Phi) is 6.46. The van der Waals surface area contributed by atoms with Gasteiger partial charge < -0.3 is 5.11 Å². The Balaban J connectivity index is 1.56. The first-order chi connectivity index (χ1) is 12.5. The number of hydrogen-bond donors (Lipinski definition) is 1. The van der Waals surface area contributed by atoms with Crippen LogP contribution in [0.2, 0.25) is 0 Å². The second-order valence-electron chi connectivity index (χ2n) is 7.30. The van der Waals surface area contributed by atoms with E-state index in [1.54, 1.807) is 0 Å². The zero-order valence-corrected chi connectivity index (χ0v) is 16.5. The molecule has 1 saturated heterocycles. The highest BCUT2D eigenvalue weighted by Crippen LogP contribution is 2.29. The van der Waals surface area contributed by atoms with Crippen molar-refractivity contribution < 1.29 is 9.90 Å². The van der Waals surface area contributed by atoms with Gasteiger partial charge in [-0.05, 0) is 57.5 Å². The van der Waals surface area contributed by atoms with Crippen LogP contribution in [0.3, 0.4) is 0 Å². The second-order valence-corrected chi connectivity index (χ2v) is 8.47. The molecule has 0 amide bonds. The van der Waals surface area contributed by atoms with Gasteiger partial charge in [-0.25, -0.2) is 0 Å². The number of hydrogen-bond acceptors (Lipinski definition) is 4. The molecule has 1 aromatic carbocycles. The largest absolute Gasteiger partial charge is 0.480 e. The van der Waals surface area contributed by atoms with E-state index in [2.05, 4.69) is 48.2 Å². The fourth-order valence-corrected chi connectivity index (χ4v) is 4.69. The monoisotopic (exact) mass is 372 g/mol. The van der Waals surface area contributed by atoms with E-state index in [9.17, 15) is 4.79 Å². The Morgan fingerprint density at radius 1 is 1.19 bits per heavy atom. The maximum Gasteiger partial charge on any atom is 0.317 e. The third-order valence-corrected chi connectivity index (χ3v) is 6.29. The van der Waals surface area contributed by atoms with Gasteiger partial charge in [0.15, 0.2) is 0 Å². The first-order valence-corrected chi connectivity index (χ1v) is 10.1. The number of likely N-dealkylation sites (N-methyl/N-ethyl adjacent to an activating group) is 1. The van der Waals surface area contributed by atoms with Crippen LogP contribution in [0.25, 0.3) is 10.4 Å². The molecule has 26 heavy (non-hydrogen) atoms. The molecule has 0 saturated carbocycles. The van der Waals surface area contributed by atoms with E-state index in [-0.39, 0.29) is 6.54 Å². The van der Waals surface area contributed by atoms with E-state index in [0.717, 1.165) is 38.9 Å². The summed E-state index contributed by atoms with van der Waals surface area (Å²) in [5.74, 6) is -0.740. The van der Waals surface area contributed by atoms with E-state index in [1.165, 1.54) is 20.9 Å². The van der Waals surface area contributed by atoms with E-state index >= 15 is 0 Å². The lowest BCUT2D eigenvalue weighted by molar-refractivity contribution is -0.138. The number of carboxylic acid groups (broad SMARTS) is 1. The number of carbonyl (C=O) groups is 1. The average Bonchev–Trinajstić information content (AvgIpc) is 2.93. The van der Waals surface area contributed by atoms with Gasteiger partial charge in [0.2, 0.25) is 0 Å². The van der Waals surface area contributed by atoms with Crippen molar-refractivity contribution in [3.63, 3.8) is 0 Å². The lowest BCUT2D eigenvalue weighted by atomic mass is 10.1. The van der Waals surface area contributed by atoms with Crippen LogP contribution in [0.4, 0.5) is 0 Å². The summed E-state index contributed by atoms with van der Waals surface area (Å²) >= 11 is 1.88. The Labute approximate surface area is 160 Å². The second kappa shape index (κ2) is 8.80. The minimum atomic E-state index is -0.740. The maximum atomic E-state index is 10.9. The molecule has 0 spiro atoms. The number of nitrogens with zero attached hydrogens (tertiary/aromatic N) is 2. The molecule has 1 aromatic heterocycles. The van der Waals surface area contributed by atoms with Crippen molar-refractivity contribution in [2.45, 2.75) is 38.8 Å². The SMILES string of the molecule is Cc1ccc(-c2ccc(CN3CCCC(N(C)CC(=O)O)CC3)s2)cc1. The number of thiophene rings is 1. The van der Waals surface area contributed by atoms with Gasteiger partial charge in [-0.15, -0.1) is 11.3 Å². The number of carboxylic acids is 1. The van der Waals surface area contributed by atoms with Crippen LogP contribution < -0.4 is 0 Å².